The molecule has 8 aromatic carbocycles. The van der Waals surface area contributed by atoms with Gasteiger partial charge >= 0.3 is 0 Å². The highest BCUT2D eigenvalue weighted by Gasteiger charge is 2.19. The first kappa shape index (κ1) is 26.3. The number of benzene rings is 8. The molecular formula is C44H29NO. The summed E-state index contributed by atoms with van der Waals surface area (Å²) in [7, 11) is 0. The summed E-state index contributed by atoms with van der Waals surface area (Å²) in [6, 6.07) is 62.6. The Hall–Kier alpha value is -6.12. The standard InChI is InChI=1S/C44H29NO/c1-3-11-30(12-4-1)32-21-23-37(24-22-32)45(36-16-5-2-6-17-36)38-25-26-42-40(29-38)41-28-34-15-9-10-18-39(34)43(44(41)46-42)35-20-19-31-13-7-8-14-33(31)27-35/h1-29H. The van der Waals surface area contributed by atoms with Gasteiger partial charge in [0, 0.05) is 33.4 Å². The van der Waals surface area contributed by atoms with Crippen LogP contribution in [0.3, 0.4) is 0 Å². The molecule has 216 valence electrons. The Bertz CT molecular complexity index is 2510. The smallest absolute Gasteiger partial charge is 0.143 e. The van der Waals surface area contributed by atoms with Crippen LogP contribution in [0, 0.1) is 0 Å². The summed E-state index contributed by atoms with van der Waals surface area (Å²) in [5, 5.41) is 7.05. The summed E-state index contributed by atoms with van der Waals surface area (Å²) >= 11 is 0. The van der Waals surface area contributed by atoms with E-state index in [1.807, 2.05) is 0 Å². The van der Waals surface area contributed by atoms with E-state index in [9.17, 15) is 0 Å². The molecule has 0 aliphatic carbocycles. The van der Waals surface area contributed by atoms with Crippen molar-refractivity contribution in [3.8, 4) is 22.3 Å². The highest BCUT2D eigenvalue weighted by atomic mass is 16.3. The van der Waals surface area contributed by atoms with Crippen molar-refractivity contribution >= 4 is 60.5 Å². The van der Waals surface area contributed by atoms with Gasteiger partial charge in [-0.1, -0.05) is 121 Å². The molecule has 9 rings (SSSR count). The van der Waals surface area contributed by atoms with Crippen LogP contribution in [-0.2, 0) is 0 Å². The van der Waals surface area contributed by atoms with Gasteiger partial charge in [0.1, 0.15) is 11.2 Å². The van der Waals surface area contributed by atoms with E-state index in [-0.39, 0.29) is 0 Å². The van der Waals surface area contributed by atoms with Crippen LogP contribution < -0.4 is 4.90 Å². The number of anilines is 3. The average molecular weight is 588 g/mol. The van der Waals surface area contributed by atoms with Crippen LogP contribution in [0.25, 0.3) is 65.7 Å². The van der Waals surface area contributed by atoms with Gasteiger partial charge in [-0.05, 0) is 92.8 Å². The van der Waals surface area contributed by atoms with Crippen molar-refractivity contribution in [2.45, 2.75) is 0 Å². The van der Waals surface area contributed by atoms with Crippen molar-refractivity contribution < 1.29 is 4.42 Å². The summed E-state index contributed by atoms with van der Waals surface area (Å²) in [6.45, 7) is 0. The third-order valence-corrected chi connectivity index (χ3v) is 9.01. The summed E-state index contributed by atoms with van der Waals surface area (Å²) in [4.78, 5) is 2.32. The van der Waals surface area contributed by atoms with Crippen molar-refractivity contribution in [1.82, 2.24) is 0 Å². The third kappa shape index (κ3) is 4.43. The predicted octanol–water partition coefficient (Wildman–Crippen LogP) is 12.7. The summed E-state index contributed by atoms with van der Waals surface area (Å²) in [5.41, 5.74) is 9.77. The Labute approximate surface area is 267 Å². The van der Waals surface area contributed by atoms with Gasteiger partial charge < -0.3 is 9.32 Å². The lowest BCUT2D eigenvalue weighted by molar-refractivity contribution is 0.670. The summed E-state index contributed by atoms with van der Waals surface area (Å²) in [6.07, 6.45) is 0. The van der Waals surface area contributed by atoms with Gasteiger partial charge in [0.2, 0.25) is 0 Å². The predicted molar refractivity (Wildman–Crippen MR) is 194 cm³/mol. The second-order valence-corrected chi connectivity index (χ2v) is 11.8. The fourth-order valence-electron chi connectivity index (χ4n) is 6.79. The van der Waals surface area contributed by atoms with E-state index < -0.39 is 0 Å². The SMILES string of the molecule is c1ccc(-c2ccc(N(c3ccccc3)c3ccc4oc5c(-c6ccc7ccccc7c6)c6ccccc6cc5c4c3)cc2)cc1. The number of hydrogen-bond donors (Lipinski definition) is 0. The van der Waals surface area contributed by atoms with E-state index >= 15 is 0 Å². The quantitative estimate of drug-likeness (QED) is 0.199. The highest BCUT2D eigenvalue weighted by molar-refractivity contribution is 6.19. The molecule has 0 saturated heterocycles. The first-order valence-electron chi connectivity index (χ1n) is 15.7. The Morgan fingerprint density at radius 2 is 0.957 bits per heavy atom. The molecule has 0 saturated carbocycles. The largest absolute Gasteiger partial charge is 0.455 e. The first-order valence-corrected chi connectivity index (χ1v) is 15.7. The number of furan rings is 1. The van der Waals surface area contributed by atoms with E-state index in [1.165, 1.54) is 32.7 Å². The van der Waals surface area contributed by atoms with Crippen molar-refractivity contribution in [3.63, 3.8) is 0 Å². The molecule has 1 aromatic heterocycles. The summed E-state index contributed by atoms with van der Waals surface area (Å²) < 4.78 is 6.75. The molecule has 2 nitrogen and oxygen atoms in total. The second kappa shape index (κ2) is 10.8. The van der Waals surface area contributed by atoms with Gasteiger partial charge in [-0.15, -0.1) is 0 Å². The number of rotatable bonds is 5. The first-order chi connectivity index (χ1) is 22.8. The second-order valence-electron chi connectivity index (χ2n) is 11.8. The molecule has 0 spiro atoms. The molecule has 46 heavy (non-hydrogen) atoms. The van der Waals surface area contributed by atoms with Crippen LogP contribution >= 0.6 is 0 Å². The molecule has 0 bridgehead atoms. The van der Waals surface area contributed by atoms with E-state index in [1.54, 1.807) is 0 Å². The van der Waals surface area contributed by atoms with Crippen LogP contribution in [0.5, 0.6) is 0 Å². The van der Waals surface area contributed by atoms with Crippen molar-refractivity contribution in [2.75, 3.05) is 4.90 Å². The lowest BCUT2D eigenvalue weighted by Gasteiger charge is -2.25. The Morgan fingerprint density at radius 3 is 1.76 bits per heavy atom. The lowest BCUT2D eigenvalue weighted by atomic mass is 9.93. The maximum absolute atomic E-state index is 6.75. The molecule has 2 heteroatoms. The minimum atomic E-state index is 0.878. The van der Waals surface area contributed by atoms with Gasteiger partial charge in [-0.25, -0.2) is 0 Å². The molecule has 0 fully saturated rings. The molecule has 0 unspecified atom stereocenters. The topological polar surface area (TPSA) is 16.4 Å². The maximum atomic E-state index is 6.75. The van der Waals surface area contributed by atoms with Crippen LogP contribution in [0.4, 0.5) is 17.1 Å². The molecule has 0 aliphatic rings. The number of hydrogen-bond acceptors (Lipinski definition) is 2. The van der Waals surface area contributed by atoms with E-state index in [0.717, 1.165) is 50.1 Å². The minimum Gasteiger partial charge on any atom is -0.455 e. The average Bonchev–Trinajstić information content (AvgIpc) is 3.49. The van der Waals surface area contributed by atoms with Gasteiger partial charge in [0.15, 0.2) is 0 Å². The van der Waals surface area contributed by atoms with Crippen LogP contribution in [-0.4, -0.2) is 0 Å². The number of fused-ring (bicyclic) bond motifs is 5. The van der Waals surface area contributed by atoms with Crippen molar-refractivity contribution in [2.24, 2.45) is 0 Å². The Balaban J connectivity index is 1.24. The van der Waals surface area contributed by atoms with Gasteiger partial charge in [0.05, 0.1) is 0 Å². The van der Waals surface area contributed by atoms with Gasteiger partial charge in [-0.2, -0.15) is 0 Å². The molecule has 0 aliphatic heterocycles. The van der Waals surface area contributed by atoms with Crippen molar-refractivity contribution in [1.29, 1.82) is 0 Å². The monoisotopic (exact) mass is 587 g/mol. The summed E-state index contributed by atoms with van der Waals surface area (Å²) in [5.74, 6) is 0. The molecule has 1 heterocycles. The van der Waals surface area contributed by atoms with Crippen LogP contribution in [0.15, 0.2) is 180 Å². The zero-order chi connectivity index (χ0) is 30.5. The minimum absolute atomic E-state index is 0.878. The molecule has 0 radical (unpaired) electrons. The lowest BCUT2D eigenvalue weighted by Crippen LogP contribution is -2.09. The van der Waals surface area contributed by atoms with E-state index in [0.29, 0.717) is 0 Å². The normalized spacial score (nSPS) is 11.5. The number of para-hydroxylation sites is 1. The van der Waals surface area contributed by atoms with E-state index in [4.69, 9.17) is 4.42 Å². The fraction of sp³-hybridized carbons (Fsp3) is 0. The maximum Gasteiger partial charge on any atom is 0.143 e. The Kier molecular flexibility index (Phi) is 6.17. The highest BCUT2D eigenvalue weighted by Crippen LogP contribution is 2.44. The molecule has 0 amide bonds. The van der Waals surface area contributed by atoms with Crippen molar-refractivity contribution in [3.05, 3.63) is 176 Å². The van der Waals surface area contributed by atoms with Gasteiger partial charge in [0.25, 0.3) is 0 Å². The molecule has 9 aromatic rings. The number of nitrogens with zero attached hydrogens (tertiary/aromatic N) is 1. The van der Waals surface area contributed by atoms with Crippen LogP contribution in [0.2, 0.25) is 0 Å². The van der Waals surface area contributed by atoms with Crippen LogP contribution in [0.1, 0.15) is 0 Å². The molecular weight excluding hydrogens is 558 g/mol. The molecule has 0 N–H and O–H groups in total. The van der Waals surface area contributed by atoms with Gasteiger partial charge in [-0.3, -0.25) is 0 Å². The zero-order valence-electron chi connectivity index (χ0n) is 25.1. The zero-order valence-corrected chi connectivity index (χ0v) is 25.1. The van der Waals surface area contributed by atoms with E-state index in [2.05, 4.69) is 181 Å². The third-order valence-electron chi connectivity index (χ3n) is 9.01. The Morgan fingerprint density at radius 1 is 0.348 bits per heavy atom. The fourth-order valence-corrected chi connectivity index (χ4v) is 6.79. The molecule has 0 atom stereocenters.